The van der Waals surface area contributed by atoms with E-state index in [-0.39, 0.29) is 11.2 Å². The van der Waals surface area contributed by atoms with Gasteiger partial charge in [-0.2, -0.15) is 8.78 Å². The second-order valence-corrected chi connectivity index (χ2v) is 9.59. The van der Waals surface area contributed by atoms with Crippen LogP contribution in [0.2, 0.25) is 0 Å². The minimum absolute atomic E-state index is 0.110. The number of nitrogens with one attached hydrogen (secondary N) is 2. The lowest BCUT2D eigenvalue weighted by Gasteiger charge is -2.11. The van der Waals surface area contributed by atoms with E-state index in [1.54, 1.807) is 24.3 Å². The number of thioether (sulfide) groups is 2. The van der Waals surface area contributed by atoms with E-state index in [9.17, 15) is 13.6 Å². The molecule has 0 saturated heterocycles. The van der Waals surface area contributed by atoms with E-state index in [1.165, 1.54) is 23.1 Å². The molecule has 0 aliphatic rings. The highest BCUT2D eigenvalue weighted by molar-refractivity contribution is 8.02. The highest BCUT2D eigenvalue weighted by atomic mass is 32.2. The van der Waals surface area contributed by atoms with E-state index >= 15 is 0 Å². The largest absolute Gasteiger partial charge is 0.330 e. The number of carbonyl (C=O) groups is 1. The summed E-state index contributed by atoms with van der Waals surface area (Å²) in [5.41, 5.74) is 2.51. The van der Waals surface area contributed by atoms with E-state index in [4.69, 9.17) is 0 Å². The van der Waals surface area contributed by atoms with Gasteiger partial charge < -0.3 is 10.6 Å². The number of aryl methyl sites for hydroxylation is 1. The van der Waals surface area contributed by atoms with Gasteiger partial charge in [0.25, 0.3) is 5.76 Å². The topological polar surface area (TPSA) is 66.9 Å². The Labute approximate surface area is 179 Å². The summed E-state index contributed by atoms with van der Waals surface area (Å²) in [5, 5.41) is 14.4. The summed E-state index contributed by atoms with van der Waals surface area (Å²) in [7, 11) is 0. The third-order valence-corrected chi connectivity index (χ3v) is 6.53. The van der Waals surface area contributed by atoms with Crippen molar-refractivity contribution < 1.29 is 13.6 Å². The molecule has 0 radical (unpaired) electrons. The SMILES string of the molecule is Cc1ccccc1NC(=O)C(C)Sc1nnc(Nc2ccc(SC(F)F)cc2)s1. The minimum Gasteiger partial charge on any atom is -0.330 e. The molecule has 1 atom stereocenters. The molecular formula is C19H18F2N4OS3. The number of halogens is 2. The third kappa shape index (κ3) is 6.41. The Bertz CT molecular complexity index is 966. The summed E-state index contributed by atoms with van der Waals surface area (Å²) in [4.78, 5) is 12.9. The number of nitrogens with zero attached hydrogens (tertiary/aromatic N) is 2. The van der Waals surface area contributed by atoms with Crippen molar-refractivity contribution in [2.75, 3.05) is 10.6 Å². The number of para-hydroxylation sites is 1. The maximum Gasteiger partial charge on any atom is 0.288 e. The van der Waals surface area contributed by atoms with Gasteiger partial charge in [0.15, 0.2) is 4.34 Å². The average Bonchev–Trinajstić information content (AvgIpc) is 3.11. The number of carbonyl (C=O) groups excluding carboxylic acids is 1. The molecule has 2 aromatic carbocycles. The molecule has 152 valence electrons. The lowest BCUT2D eigenvalue weighted by molar-refractivity contribution is -0.115. The molecular weight excluding hydrogens is 434 g/mol. The number of benzene rings is 2. The number of hydrogen-bond acceptors (Lipinski definition) is 7. The van der Waals surface area contributed by atoms with Gasteiger partial charge >= 0.3 is 0 Å². The average molecular weight is 453 g/mol. The van der Waals surface area contributed by atoms with Crippen molar-refractivity contribution in [3.05, 3.63) is 54.1 Å². The van der Waals surface area contributed by atoms with Gasteiger partial charge in [-0.1, -0.05) is 53.1 Å². The zero-order valence-electron chi connectivity index (χ0n) is 15.6. The first-order chi connectivity index (χ1) is 13.9. The molecule has 3 aromatic rings. The molecule has 0 fully saturated rings. The van der Waals surface area contributed by atoms with Crippen molar-refractivity contribution in [2.24, 2.45) is 0 Å². The molecule has 1 aromatic heterocycles. The molecule has 0 aliphatic heterocycles. The summed E-state index contributed by atoms with van der Waals surface area (Å²) in [5.74, 6) is -2.55. The van der Waals surface area contributed by atoms with Crippen molar-refractivity contribution >= 4 is 57.3 Å². The molecule has 10 heteroatoms. The van der Waals surface area contributed by atoms with Crippen molar-refractivity contribution in [1.82, 2.24) is 10.2 Å². The fourth-order valence-corrected chi connectivity index (χ4v) is 4.72. The Balaban J connectivity index is 1.55. The van der Waals surface area contributed by atoms with Gasteiger partial charge in [-0.15, -0.1) is 10.2 Å². The van der Waals surface area contributed by atoms with Gasteiger partial charge in [0, 0.05) is 16.3 Å². The molecule has 2 N–H and O–H groups in total. The normalized spacial score (nSPS) is 12.0. The zero-order valence-corrected chi connectivity index (χ0v) is 18.0. The third-order valence-electron chi connectivity index (χ3n) is 3.79. The number of aromatic nitrogens is 2. The van der Waals surface area contributed by atoms with Crippen LogP contribution in [0.1, 0.15) is 12.5 Å². The monoisotopic (exact) mass is 452 g/mol. The highest BCUT2D eigenvalue weighted by Crippen LogP contribution is 2.32. The number of alkyl halides is 2. The second-order valence-electron chi connectivity index (χ2n) is 5.97. The molecule has 0 bridgehead atoms. The van der Waals surface area contributed by atoms with Gasteiger partial charge in [-0.25, -0.2) is 0 Å². The lowest BCUT2D eigenvalue weighted by Crippen LogP contribution is -2.22. The second kappa shape index (κ2) is 10.0. The van der Waals surface area contributed by atoms with Crippen LogP contribution in [-0.2, 0) is 4.79 Å². The number of anilines is 3. The molecule has 29 heavy (non-hydrogen) atoms. The molecule has 0 aliphatic carbocycles. The van der Waals surface area contributed by atoms with Crippen molar-refractivity contribution in [3.63, 3.8) is 0 Å². The quantitative estimate of drug-likeness (QED) is 0.407. The van der Waals surface area contributed by atoms with Crippen LogP contribution >= 0.6 is 34.9 Å². The summed E-state index contributed by atoms with van der Waals surface area (Å²) in [6.45, 7) is 3.75. The van der Waals surface area contributed by atoms with E-state index in [2.05, 4.69) is 20.8 Å². The first kappa shape index (κ1) is 21.5. The Kier molecular flexibility index (Phi) is 7.45. The molecule has 1 heterocycles. The molecule has 0 spiro atoms. The molecule has 1 amide bonds. The van der Waals surface area contributed by atoms with Crippen LogP contribution in [0.4, 0.5) is 25.3 Å². The molecule has 0 saturated carbocycles. The number of hydrogen-bond donors (Lipinski definition) is 2. The maximum absolute atomic E-state index is 12.4. The summed E-state index contributed by atoms with van der Waals surface area (Å²) < 4.78 is 25.4. The number of rotatable bonds is 8. The molecule has 5 nitrogen and oxygen atoms in total. The van der Waals surface area contributed by atoms with Crippen LogP contribution in [-0.4, -0.2) is 27.1 Å². The standard InChI is InChI=1S/C19H18F2N4OS3/c1-11-5-3-4-6-15(11)23-16(26)12(2)27-19-25-24-18(29-19)22-13-7-9-14(10-8-13)28-17(20)21/h3-10,12,17H,1-2H3,(H,22,24)(H,23,26). The van der Waals surface area contributed by atoms with Gasteiger partial charge in [0.1, 0.15) is 0 Å². The van der Waals surface area contributed by atoms with Crippen LogP contribution in [0.15, 0.2) is 57.8 Å². The minimum atomic E-state index is -2.44. The highest BCUT2D eigenvalue weighted by Gasteiger charge is 2.18. The van der Waals surface area contributed by atoms with Gasteiger partial charge in [0.05, 0.1) is 5.25 Å². The Morgan fingerprint density at radius 3 is 2.48 bits per heavy atom. The summed E-state index contributed by atoms with van der Waals surface area (Å²) in [6, 6.07) is 14.2. The van der Waals surface area contributed by atoms with Crippen molar-refractivity contribution in [1.29, 1.82) is 0 Å². The van der Waals surface area contributed by atoms with E-state index in [0.717, 1.165) is 16.9 Å². The summed E-state index contributed by atoms with van der Waals surface area (Å²) >= 11 is 3.15. The first-order valence-electron chi connectivity index (χ1n) is 8.59. The fourth-order valence-electron chi connectivity index (χ4n) is 2.30. The Morgan fingerprint density at radius 2 is 1.79 bits per heavy atom. The fraction of sp³-hybridized carbons (Fsp3) is 0.211. The smallest absolute Gasteiger partial charge is 0.288 e. The van der Waals surface area contributed by atoms with Gasteiger partial charge in [-0.3, -0.25) is 4.79 Å². The summed E-state index contributed by atoms with van der Waals surface area (Å²) in [6.07, 6.45) is 0. The Hall–Kier alpha value is -2.17. The van der Waals surface area contributed by atoms with Gasteiger partial charge in [-0.05, 0) is 49.7 Å². The predicted molar refractivity (Wildman–Crippen MR) is 117 cm³/mol. The van der Waals surface area contributed by atoms with Crippen LogP contribution in [0.5, 0.6) is 0 Å². The van der Waals surface area contributed by atoms with Crippen LogP contribution in [0, 0.1) is 6.92 Å². The van der Waals surface area contributed by atoms with Crippen LogP contribution in [0.25, 0.3) is 0 Å². The van der Waals surface area contributed by atoms with E-state index in [1.807, 2.05) is 38.1 Å². The molecule has 1 unspecified atom stereocenters. The van der Waals surface area contributed by atoms with Crippen LogP contribution in [0.3, 0.4) is 0 Å². The Morgan fingerprint density at radius 1 is 1.07 bits per heavy atom. The van der Waals surface area contributed by atoms with Gasteiger partial charge in [0.2, 0.25) is 11.0 Å². The van der Waals surface area contributed by atoms with Crippen molar-refractivity contribution in [2.45, 2.75) is 34.1 Å². The molecule has 3 rings (SSSR count). The van der Waals surface area contributed by atoms with Crippen molar-refractivity contribution in [3.8, 4) is 0 Å². The van der Waals surface area contributed by atoms with E-state index in [0.29, 0.717) is 26.1 Å². The lowest BCUT2D eigenvalue weighted by atomic mass is 10.2. The zero-order chi connectivity index (χ0) is 20.8. The maximum atomic E-state index is 12.4. The predicted octanol–water partition coefficient (Wildman–Crippen LogP) is 6.02. The van der Waals surface area contributed by atoms with Crippen LogP contribution < -0.4 is 10.6 Å². The number of amides is 1. The first-order valence-corrected chi connectivity index (χ1v) is 11.2. The van der Waals surface area contributed by atoms with E-state index < -0.39 is 5.76 Å².